The maximum absolute atomic E-state index is 3.28. The van der Waals surface area contributed by atoms with E-state index < -0.39 is 0 Å². The molecule has 0 aromatic heterocycles. The molecule has 0 N–H and O–H groups in total. The van der Waals surface area contributed by atoms with Gasteiger partial charge in [-0.3, -0.25) is 0 Å². The third kappa shape index (κ3) is 7.19. The Morgan fingerprint density at radius 3 is 1.47 bits per heavy atom. The van der Waals surface area contributed by atoms with Crippen LogP contribution in [0.25, 0.3) is 0 Å². The zero-order chi connectivity index (χ0) is 21.8. The zero-order valence-electron chi connectivity index (χ0n) is 19.6. The van der Waals surface area contributed by atoms with E-state index in [1.807, 2.05) is 0 Å². The lowest BCUT2D eigenvalue weighted by Crippen LogP contribution is -2.29. The average Bonchev–Trinajstić information content (AvgIpc) is 2.84. The lowest BCUT2D eigenvalue weighted by atomic mass is 9.74. The highest BCUT2D eigenvalue weighted by atomic mass is 35.5. The second-order valence-electron chi connectivity index (χ2n) is 8.83. The monoisotopic (exact) mass is 466 g/mol. The molecular weight excluding hydrogens is 427 g/mol. The number of hydrogen-bond donors (Lipinski definition) is 0. The summed E-state index contributed by atoms with van der Waals surface area (Å²) in [5, 5.41) is -0.134. The molecule has 0 fully saturated rings. The molecule has 0 bridgehead atoms. The van der Waals surface area contributed by atoms with Gasteiger partial charge in [0.1, 0.15) is 0 Å². The molecule has 172 valence electrons. The zero-order valence-corrected chi connectivity index (χ0v) is 21.6. The van der Waals surface area contributed by atoms with Crippen LogP contribution in [-0.4, -0.2) is 0 Å². The first-order chi connectivity index (χ1) is 15.3. The fourth-order valence-corrected chi connectivity index (χ4v) is 5.57. The molecule has 0 saturated heterocycles. The van der Waals surface area contributed by atoms with Crippen molar-refractivity contribution in [3.05, 3.63) is 108 Å². The van der Waals surface area contributed by atoms with Gasteiger partial charge in [0.2, 0.25) is 0 Å². The Morgan fingerprint density at radius 1 is 0.594 bits per heavy atom. The van der Waals surface area contributed by atoms with E-state index in [0.717, 1.165) is 0 Å². The van der Waals surface area contributed by atoms with Crippen molar-refractivity contribution in [3.63, 3.8) is 0 Å². The molecule has 2 atom stereocenters. The Balaban J connectivity index is 0.00000363. The van der Waals surface area contributed by atoms with Crippen LogP contribution >= 0.6 is 21.6 Å². The summed E-state index contributed by atoms with van der Waals surface area (Å²) in [4.78, 5) is 0. The summed E-state index contributed by atoms with van der Waals surface area (Å²) in [6.07, 6.45) is 12.1. The second-order valence-corrected chi connectivity index (χ2v) is 9.74. The van der Waals surface area contributed by atoms with Crippen LogP contribution in [0.5, 0.6) is 0 Å². The first kappa shape index (κ1) is 26.6. The summed E-state index contributed by atoms with van der Waals surface area (Å²) in [7, 11) is 3.28. The predicted octanol–water partition coefficient (Wildman–Crippen LogP) is 9.54. The van der Waals surface area contributed by atoms with E-state index in [0.29, 0.717) is 5.92 Å². The van der Waals surface area contributed by atoms with Crippen molar-refractivity contribution in [1.82, 2.24) is 0 Å². The summed E-state index contributed by atoms with van der Waals surface area (Å²) in [5.74, 6) is 0.420. The number of benzene rings is 3. The van der Waals surface area contributed by atoms with Crippen LogP contribution in [0.4, 0.5) is 0 Å². The van der Waals surface area contributed by atoms with Crippen LogP contribution in [0.15, 0.2) is 91.0 Å². The first-order valence-electron chi connectivity index (χ1n) is 12.2. The molecule has 2 unspecified atom stereocenters. The van der Waals surface area contributed by atoms with E-state index in [9.17, 15) is 0 Å². The Bertz CT molecular complexity index is 808. The summed E-state index contributed by atoms with van der Waals surface area (Å²) >= 11 is 0. The standard InChI is InChI=1S/C30H39P.ClH/c1-2-3-4-5-6-7-8-18-25-29(26-19-12-9-13-20-26)30(31,27-21-14-10-15-22-27)28-23-16-11-17-24-28;/h9-17,19-24,29H,2-8,18,25,31H2,1H3;1H. The summed E-state index contributed by atoms with van der Waals surface area (Å²) in [6.45, 7) is 2.29. The minimum Gasteiger partial charge on any atom is -0.147 e. The average molecular weight is 467 g/mol. The fraction of sp³-hybridized carbons (Fsp3) is 0.400. The predicted molar refractivity (Wildman–Crippen MR) is 147 cm³/mol. The highest BCUT2D eigenvalue weighted by Crippen LogP contribution is 2.51. The quantitative estimate of drug-likeness (QED) is 0.174. The van der Waals surface area contributed by atoms with Gasteiger partial charge in [0.25, 0.3) is 0 Å². The SMILES string of the molecule is CCCCCCCCCCC(c1ccccc1)C(P)(c1ccccc1)c1ccccc1.Cl. The molecule has 3 aromatic carbocycles. The molecule has 0 spiro atoms. The van der Waals surface area contributed by atoms with Gasteiger partial charge >= 0.3 is 0 Å². The number of halogens is 1. The van der Waals surface area contributed by atoms with Gasteiger partial charge in [-0.2, -0.15) is 0 Å². The summed E-state index contributed by atoms with van der Waals surface area (Å²) in [5.41, 5.74) is 4.19. The Labute approximate surface area is 204 Å². The van der Waals surface area contributed by atoms with Gasteiger partial charge in [-0.15, -0.1) is 21.6 Å². The molecule has 0 aliphatic rings. The van der Waals surface area contributed by atoms with Crippen molar-refractivity contribution in [2.45, 2.75) is 75.8 Å². The molecule has 32 heavy (non-hydrogen) atoms. The van der Waals surface area contributed by atoms with E-state index >= 15 is 0 Å². The summed E-state index contributed by atoms with van der Waals surface area (Å²) in [6, 6.07) is 33.3. The van der Waals surface area contributed by atoms with Gasteiger partial charge in [-0.05, 0) is 23.1 Å². The van der Waals surface area contributed by atoms with Gasteiger partial charge in [-0.25, -0.2) is 0 Å². The third-order valence-corrected chi connectivity index (χ3v) is 7.67. The van der Waals surface area contributed by atoms with Crippen molar-refractivity contribution in [2.75, 3.05) is 0 Å². The molecule has 0 saturated carbocycles. The normalized spacial score (nSPS) is 12.2. The minimum absolute atomic E-state index is 0. The van der Waals surface area contributed by atoms with Crippen molar-refractivity contribution in [3.8, 4) is 0 Å². The van der Waals surface area contributed by atoms with Crippen molar-refractivity contribution in [1.29, 1.82) is 0 Å². The molecule has 0 aliphatic carbocycles. The fourth-order valence-electron chi connectivity index (χ4n) is 4.82. The Kier molecular flexibility index (Phi) is 12.1. The van der Waals surface area contributed by atoms with Gasteiger partial charge in [0, 0.05) is 11.1 Å². The van der Waals surface area contributed by atoms with E-state index in [4.69, 9.17) is 0 Å². The highest BCUT2D eigenvalue weighted by molar-refractivity contribution is 7.19. The van der Waals surface area contributed by atoms with Crippen molar-refractivity contribution in [2.24, 2.45) is 0 Å². The largest absolute Gasteiger partial charge is 0.147 e. The van der Waals surface area contributed by atoms with Gasteiger partial charge in [0.05, 0.1) is 0 Å². The molecule has 0 heterocycles. The van der Waals surface area contributed by atoms with Crippen molar-refractivity contribution >= 4 is 21.6 Å². The third-order valence-electron chi connectivity index (χ3n) is 6.60. The molecule has 0 radical (unpaired) electrons. The number of unbranched alkanes of at least 4 members (excludes halogenated alkanes) is 7. The molecule has 3 aromatic rings. The second kappa shape index (κ2) is 14.5. The van der Waals surface area contributed by atoms with Crippen LogP contribution in [0, 0.1) is 0 Å². The van der Waals surface area contributed by atoms with Gasteiger partial charge in [-0.1, -0.05) is 149 Å². The van der Waals surface area contributed by atoms with Crippen molar-refractivity contribution < 1.29 is 0 Å². The summed E-state index contributed by atoms with van der Waals surface area (Å²) < 4.78 is 0. The van der Waals surface area contributed by atoms with Crippen LogP contribution in [0.2, 0.25) is 0 Å². The van der Waals surface area contributed by atoms with Crippen LogP contribution in [0.1, 0.15) is 87.3 Å². The minimum atomic E-state index is -0.134. The number of rotatable bonds is 13. The van der Waals surface area contributed by atoms with Crippen LogP contribution in [0.3, 0.4) is 0 Å². The maximum Gasteiger partial charge on any atom is 0.0412 e. The molecule has 0 aliphatic heterocycles. The van der Waals surface area contributed by atoms with E-state index in [1.165, 1.54) is 74.5 Å². The molecule has 0 nitrogen and oxygen atoms in total. The Morgan fingerprint density at radius 2 is 1.00 bits per heavy atom. The Hall–Kier alpha value is -1.62. The van der Waals surface area contributed by atoms with E-state index in [2.05, 4.69) is 107 Å². The topological polar surface area (TPSA) is 0 Å². The maximum atomic E-state index is 3.28. The molecule has 0 amide bonds. The van der Waals surface area contributed by atoms with Gasteiger partial charge in [0.15, 0.2) is 0 Å². The molecular formula is C30H40ClP. The molecule has 2 heteroatoms. The lowest BCUT2D eigenvalue weighted by molar-refractivity contribution is 0.477. The molecule has 3 rings (SSSR count). The lowest BCUT2D eigenvalue weighted by Gasteiger charge is -2.39. The highest BCUT2D eigenvalue weighted by Gasteiger charge is 2.38. The van der Waals surface area contributed by atoms with Gasteiger partial charge < -0.3 is 0 Å². The van der Waals surface area contributed by atoms with E-state index in [-0.39, 0.29) is 17.6 Å². The van der Waals surface area contributed by atoms with Crippen LogP contribution in [-0.2, 0) is 5.16 Å². The first-order valence-corrected chi connectivity index (χ1v) is 12.8. The van der Waals surface area contributed by atoms with E-state index in [1.54, 1.807) is 0 Å². The smallest absolute Gasteiger partial charge is 0.0412 e. The van der Waals surface area contributed by atoms with Crippen LogP contribution < -0.4 is 0 Å². The number of hydrogen-bond acceptors (Lipinski definition) is 0.